The Labute approximate surface area is 180 Å². The number of benzene rings is 2. The maximum Gasteiger partial charge on any atom is 0.244 e. The number of aromatic nitrogens is 3. The van der Waals surface area contributed by atoms with Crippen LogP contribution in [0.1, 0.15) is 22.3 Å². The molecule has 4 aromatic rings. The molecule has 1 amide bonds. The molecule has 0 aliphatic heterocycles. The monoisotopic (exact) mass is 416 g/mol. The van der Waals surface area contributed by atoms with Crippen LogP contribution in [0.25, 0.3) is 11.0 Å². The lowest BCUT2D eigenvalue weighted by Crippen LogP contribution is -2.19. The van der Waals surface area contributed by atoms with Crippen LogP contribution < -0.4 is 5.32 Å². The molecule has 0 aliphatic carbocycles. The van der Waals surface area contributed by atoms with Crippen molar-refractivity contribution in [2.45, 2.75) is 38.2 Å². The highest BCUT2D eigenvalue weighted by molar-refractivity contribution is 7.98. The van der Waals surface area contributed by atoms with Crippen LogP contribution in [0.4, 0.5) is 5.69 Å². The largest absolute Gasteiger partial charge is 0.325 e. The Bertz CT molecular complexity index is 1220. The topological polar surface area (TPSA) is 59.8 Å². The molecule has 0 aliphatic rings. The van der Waals surface area contributed by atoms with Crippen LogP contribution in [-0.4, -0.2) is 20.4 Å². The number of carbonyl (C=O) groups is 1. The Balaban J connectivity index is 1.57. The number of fused-ring (bicyclic) bond motifs is 1. The molecule has 0 radical (unpaired) electrons. The summed E-state index contributed by atoms with van der Waals surface area (Å²) in [4.78, 5) is 21.8. The first-order valence-electron chi connectivity index (χ1n) is 9.86. The van der Waals surface area contributed by atoms with Crippen LogP contribution >= 0.6 is 11.8 Å². The minimum absolute atomic E-state index is 0.0841. The molecule has 30 heavy (non-hydrogen) atoms. The minimum Gasteiger partial charge on any atom is -0.325 e. The van der Waals surface area contributed by atoms with Crippen molar-refractivity contribution in [3.63, 3.8) is 0 Å². The molecule has 0 saturated heterocycles. The van der Waals surface area contributed by atoms with Gasteiger partial charge in [0.15, 0.2) is 5.16 Å². The van der Waals surface area contributed by atoms with E-state index in [0.29, 0.717) is 0 Å². The molecule has 2 heterocycles. The van der Waals surface area contributed by atoms with Crippen LogP contribution in [0.2, 0.25) is 0 Å². The molecule has 1 N–H and O–H groups in total. The maximum absolute atomic E-state index is 12.8. The molecular weight excluding hydrogens is 392 g/mol. The fourth-order valence-electron chi connectivity index (χ4n) is 3.29. The minimum atomic E-state index is -0.0841. The van der Waals surface area contributed by atoms with Crippen LogP contribution in [-0.2, 0) is 17.1 Å². The molecule has 0 saturated carbocycles. The summed E-state index contributed by atoms with van der Waals surface area (Å²) in [5.74, 6) is 0.710. The summed E-state index contributed by atoms with van der Waals surface area (Å²) in [7, 11) is 0. The van der Waals surface area contributed by atoms with Gasteiger partial charge in [0.1, 0.15) is 6.54 Å². The van der Waals surface area contributed by atoms with Gasteiger partial charge in [-0.2, -0.15) is 0 Å². The van der Waals surface area contributed by atoms with Gasteiger partial charge in [-0.3, -0.25) is 9.78 Å². The molecule has 4 rings (SSSR count). The Morgan fingerprint density at radius 2 is 1.87 bits per heavy atom. The standard InChI is InChI=1S/C24H24N4OS/c1-16-8-9-20(12-18(16)3)26-23(29)14-28-22-13-25-11-10-21(22)27-24(28)30-15-19-7-5-4-6-17(19)2/h4-13H,14-15H2,1-3H3,(H,26,29). The number of anilines is 1. The van der Waals surface area contributed by atoms with Gasteiger partial charge in [0.25, 0.3) is 0 Å². The SMILES string of the molecule is Cc1ccc(NC(=O)Cn2c(SCc3ccccc3C)nc3ccncc32)cc1C. The van der Waals surface area contributed by atoms with Crippen LogP contribution in [0.15, 0.2) is 66.1 Å². The van der Waals surface area contributed by atoms with Crippen LogP contribution in [0, 0.1) is 20.8 Å². The summed E-state index contributed by atoms with van der Waals surface area (Å²) < 4.78 is 1.95. The van der Waals surface area contributed by atoms with E-state index in [0.717, 1.165) is 33.2 Å². The van der Waals surface area contributed by atoms with Crippen LogP contribution in [0.3, 0.4) is 0 Å². The molecule has 0 bridgehead atoms. The number of thioether (sulfide) groups is 1. The molecule has 0 atom stereocenters. The van der Waals surface area contributed by atoms with Crippen molar-refractivity contribution < 1.29 is 4.79 Å². The first kappa shape index (κ1) is 20.2. The zero-order valence-corrected chi connectivity index (χ0v) is 18.2. The Kier molecular flexibility index (Phi) is 5.86. The normalized spacial score (nSPS) is 11.0. The van der Waals surface area contributed by atoms with Crippen molar-refractivity contribution in [1.29, 1.82) is 0 Å². The van der Waals surface area contributed by atoms with E-state index in [4.69, 9.17) is 4.98 Å². The van der Waals surface area contributed by atoms with Gasteiger partial charge in [0.2, 0.25) is 5.91 Å². The predicted molar refractivity (Wildman–Crippen MR) is 123 cm³/mol. The smallest absolute Gasteiger partial charge is 0.244 e. The Morgan fingerprint density at radius 3 is 2.67 bits per heavy atom. The second-order valence-corrected chi connectivity index (χ2v) is 8.35. The third-order valence-corrected chi connectivity index (χ3v) is 6.25. The van der Waals surface area contributed by atoms with E-state index in [-0.39, 0.29) is 12.5 Å². The first-order valence-corrected chi connectivity index (χ1v) is 10.8. The van der Waals surface area contributed by atoms with Gasteiger partial charge in [0, 0.05) is 17.6 Å². The lowest BCUT2D eigenvalue weighted by atomic mass is 10.1. The fourth-order valence-corrected chi connectivity index (χ4v) is 4.38. The van der Waals surface area contributed by atoms with E-state index in [1.165, 1.54) is 16.7 Å². The summed E-state index contributed by atoms with van der Waals surface area (Å²) in [6, 6.07) is 16.2. The fraction of sp³-hybridized carbons (Fsp3) is 0.208. The third kappa shape index (κ3) is 4.39. The van der Waals surface area contributed by atoms with Gasteiger partial charge in [-0.15, -0.1) is 0 Å². The predicted octanol–water partition coefficient (Wildman–Crippen LogP) is 5.29. The molecule has 0 fully saturated rings. The molecule has 0 unspecified atom stereocenters. The second-order valence-electron chi connectivity index (χ2n) is 7.41. The van der Waals surface area contributed by atoms with Crippen molar-refractivity contribution in [2.75, 3.05) is 5.32 Å². The molecule has 152 valence electrons. The first-order chi connectivity index (χ1) is 14.5. The highest BCUT2D eigenvalue weighted by Gasteiger charge is 2.15. The second kappa shape index (κ2) is 8.71. The Morgan fingerprint density at radius 1 is 1.03 bits per heavy atom. The average Bonchev–Trinajstić information content (AvgIpc) is 3.07. The highest BCUT2D eigenvalue weighted by atomic mass is 32.2. The van der Waals surface area contributed by atoms with Crippen molar-refractivity contribution in [3.05, 3.63) is 83.2 Å². The number of imidazole rings is 1. The van der Waals surface area contributed by atoms with Crippen molar-refractivity contribution >= 4 is 34.4 Å². The summed E-state index contributed by atoms with van der Waals surface area (Å²) in [6.45, 7) is 6.40. The van der Waals surface area contributed by atoms with Gasteiger partial charge in [-0.25, -0.2) is 4.98 Å². The molecular formula is C24H24N4OS. The van der Waals surface area contributed by atoms with Gasteiger partial charge in [-0.05, 0) is 61.2 Å². The van der Waals surface area contributed by atoms with Gasteiger partial charge in [-0.1, -0.05) is 42.1 Å². The lowest BCUT2D eigenvalue weighted by molar-refractivity contribution is -0.116. The highest BCUT2D eigenvalue weighted by Crippen LogP contribution is 2.27. The third-order valence-electron chi connectivity index (χ3n) is 5.23. The number of pyridine rings is 1. The van der Waals surface area contributed by atoms with Gasteiger partial charge < -0.3 is 9.88 Å². The molecule has 2 aromatic carbocycles. The molecule has 2 aromatic heterocycles. The number of rotatable bonds is 6. The van der Waals surface area contributed by atoms with Crippen molar-refractivity contribution in [2.24, 2.45) is 0 Å². The average molecular weight is 417 g/mol. The van der Waals surface area contributed by atoms with Gasteiger partial charge >= 0.3 is 0 Å². The van der Waals surface area contributed by atoms with E-state index >= 15 is 0 Å². The molecule has 5 nitrogen and oxygen atoms in total. The zero-order chi connectivity index (χ0) is 21.1. The maximum atomic E-state index is 12.8. The van der Waals surface area contributed by atoms with E-state index in [9.17, 15) is 4.79 Å². The number of amides is 1. The van der Waals surface area contributed by atoms with E-state index in [2.05, 4.69) is 36.3 Å². The Hall–Kier alpha value is -3.12. The van der Waals surface area contributed by atoms with Crippen molar-refractivity contribution in [3.8, 4) is 0 Å². The lowest BCUT2D eigenvalue weighted by Gasteiger charge is -2.11. The number of carbonyl (C=O) groups excluding carboxylic acids is 1. The summed E-state index contributed by atoms with van der Waals surface area (Å²) in [6.07, 6.45) is 3.49. The summed E-state index contributed by atoms with van der Waals surface area (Å²) in [5.41, 5.74) is 7.38. The number of nitrogens with zero attached hydrogens (tertiary/aromatic N) is 3. The zero-order valence-electron chi connectivity index (χ0n) is 17.3. The molecule has 0 spiro atoms. The number of nitrogens with one attached hydrogen (secondary N) is 1. The summed E-state index contributed by atoms with van der Waals surface area (Å²) >= 11 is 1.64. The van der Waals surface area contributed by atoms with E-state index in [1.807, 2.05) is 47.9 Å². The summed E-state index contributed by atoms with van der Waals surface area (Å²) in [5, 5.41) is 3.82. The van der Waals surface area contributed by atoms with Gasteiger partial charge in [0.05, 0.1) is 17.2 Å². The van der Waals surface area contributed by atoms with Crippen LogP contribution in [0.5, 0.6) is 0 Å². The molecule has 6 heteroatoms. The van der Waals surface area contributed by atoms with E-state index in [1.54, 1.807) is 24.2 Å². The number of aryl methyl sites for hydroxylation is 3. The number of hydrogen-bond donors (Lipinski definition) is 1. The number of hydrogen-bond acceptors (Lipinski definition) is 4. The van der Waals surface area contributed by atoms with Crippen molar-refractivity contribution in [1.82, 2.24) is 14.5 Å². The van der Waals surface area contributed by atoms with E-state index < -0.39 is 0 Å². The quantitative estimate of drug-likeness (QED) is 0.434.